The fraction of sp³-hybridized carbons (Fsp3) is 0.857. The Labute approximate surface area is 109 Å². The number of likely N-dealkylation sites (tertiary alicyclic amines) is 1. The van der Waals surface area contributed by atoms with E-state index in [2.05, 4.69) is 10.2 Å². The van der Waals surface area contributed by atoms with Crippen molar-refractivity contribution in [2.24, 2.45) is 5.41 Å². The van der Waals surface area contributed by atoms with Gasteiger partial charge in [-0.15, -0.1) is 0 Å². The summed E-state index contributed by atoms with van der Waals surface area (Å²) in [6, 6.07) is 0.0685. The van der Waals surface area contributed by atoms with Crippen LogP contribution < -0.4 is 5.32 Å². The van der Waals surface area contributed by atoms with E-state index in [1.54, 1.807) is 7.05 Å². The Bertz CT molecular complexity index is 343. The van der Waals surface area contributed by atoms with Crippen molar-refractivity contribution in [3.05, 3.63) is 0 Å². The lowest BCUT2D eigenvalue weighted by atomic mass is 9.89. The summed E-state index contributed by atoms with van der Waals surface area (Å²) in [5.74, 6) is 0.486. The number of Topliss-reactive ketones (excluding diaryl/α,β-unsaturated/α-hetero) is 1. The van der Waals surface area contributed by atoms with Crippen molar-refractivity contribution in [3.63, 3.8) is 0 Å². The first-order chi connectivity index (χ1) is 8.57. The van der Waals surface area contributed by atoms with E-state index in [4.69, 9.17) is 0 Å². The number of amides is 1. The van der Waals surface area contributed by atoms with Crippen LogP contribution in [-0.2, 0) is 9.59 Å². The maximum atomic E-state index is 12.1. The molecule has 1 heterocycles. The predicted octanol–water partition coefficient (Wildman–Crippen LogP) is 1.35. The molecular weight excluding hydrogens is 228 g/mol. The molecule has 18 heavy (non-hydrogen) atoms. The monoisotopic (exact) mass is 252 g/mol. The highest BCUT2D eigenvalue weighted by molar-refractivity contribution is 5.85. The van der Waals surface area contributed by atoms with Crippen LogP contribution in [0.1, 0.15) is 45.4 Å². The van der Waals surface area contributed by atoms with Crippen LogP contribution in [0.3, 0.4) is 0 Å². The zero-order valence-electron chi connectivity index (χ0n) is 11.5. The van der Waals surface area contributed by atoms with E-state index in [1.165, 1.54) is 6.42 Å². The maximum absolute atomic E-state index is 12.1. The molecule has 0 bridgehead atoms. The van der Waals surface area contributed by atoms with Crippen molar-refractivity contribution in [2.45, 2.75) is 51.5 Å². The molecule has 1 aliphatic carbocycles. The van der Waals surface area contributed by atoms with E-state index < -0.39 is 0 Å². The number of rotatable bonds is 2. The third-order valence-corrected chi connectivity index (χ3v) is 4.49. The third kappa shape index (κ3) is 2.58. The first kappa shape index (κ1) is 13.5. The smallest absolute Gasteiger partial charge is 0.227 e. The molecule has 0 aromatic carbocycles. The molecule has 0 spiro atoms. The van der Waals surface area contributed by atoms with Gasteiger partial charge in [-0.1, -0.05) is 12.8 Å². The van der Waals surface area contributed by atoms with Crippen molar-refractivity contribution >= 4 is 11.7 Å². The zero-order chi connectivity index (χ0) is 13.2. The molecule has 1 saturated heterocycles. The quantitative estimate of drug-likeness (QED) is 0.755. The average Bonchev–Trinajstić information content (AvgIpc) is 2.63. The lowest BCUT2D eigenvalue weighted by Gasteiger charge is -2.28. The zero-order valence-corrected chi connectivity index (χ0v) is 11.5. The van der Waals surface area contributed by atoms with Gasteiger partial charge >= 0.3 is 0 Å². The van der Waals surface area contributed by atoms with Gasteiger partial charge in [0, 0.05) is 20.0 Å². The first-order valence-corrected chi connectivity index (χ1v) is 7.06. The van der Waals surface area contributed by atoms with Crippen LogP contribution in [0.2, 0.25) is 0 Å². The van der Waals surface area contributed by atoms with Gasteiger partial charge in [-0.05, 0) is 32.7 Å². The van der Waals surface area contributed by atoms with E-state index in [9.17, 15) is 9.59 Å². The normalized spacial score (nSPS) is 34.3. The number of carbonyl (C=O) groups is 2. The van der Waals surface area contributed by atoms with E-state index >= 15 is 0 Å². The molecule has 0 aromatic rings. The summed E-state index contributed by atoms with van der Waals surface area (Å²) in [6.45, 7) is 3.61. The largest absolute Gasteiger partial charge is 0.359 e. The van der Waals surface area contributed by atoms with E-state index in [1.807, 2.05) is 6.92 Å². The summed E-state index contributed by atoms with van der Waals surface area (Å²) in [7, 11) is 1.69. The van der Waals surface area contributed by atoms with Crippen LogP contribution in [0.15, 0.2) is 0 Å². The Kier molecular flexibility index (Phi) is 4.05. The lowest BCUT2D eigenvalue weighted by molar-refractivity contribution is -0.130. The van der Waals surface area contributed by atoms with Crippen LogP contribution in [0.5, 0.6) is 0 Å². The van der Waals surface area contributed by atoms with Crippen molar-refractivity contribution in [1.29, 1.82) is 0 Å². The first-order valence-electron chi connectivity index (χ1n) is 7.06. The number of hydrogen-bond acceptors (Lipinski definition) is 3. The minimum atomic E-state index is -0.318. The molecule has 2 unspecified atom stereocenters. The topological polar surface area (TPSA) is 49.4 Å². The van der Waals surface area contributed by atoms with Crippen molar-refractivity contribution < 1.29 is 9.59 Å². The second kappa shape index (κ2) is 5.39. The predicted molar refractivity (Wildman–Crippen MR) is 70.2 cm³/mol. The Hall–Kier alpha value is -0.900. The summed E-state index contributed by atoms with van der Waals surface area (Å²) in [4.78, 5) is 26.2. The Morgan fingerprint density at radius 1 is 1.39 bits per heavy atom. The molecule has 0 radical (unpaired) electrons. The summed E-state index contributed by atoms with van der Waals surface area (Å²) >= 11 is 0. The van der Waals surface area contributed by atoms with Gasteiger partial charge < -0.3 is 5.32 Å². The highest BCUT2D eigenvalue weighted by atomic mass is 16.2. The standard InChI is InChI=1S/C14H24N2O2/c1-14(13(18)15-2)8-9-16(10-14)11-6-4-3-5-7-12(11)17/h11H,3-10H2,1-2H3,(H,15,18). The second-order valence-electron chi connectivity index (χ2n) is 5.94. The van der Waals surface area contributed by atoms with Crippen LogP contribution in [0.4, 0.5) is 0 Å². The molecule has 1 N–H and O–H groups in total. The second-order valence-corrected chi connectivity index (χ2v) is 5.94. The van der Waals surface area contributed by atoms with Crippen molar-refractivity contribution in [1.82, 2.24) is 10.2 Å². The number of nitrogens with zero attached hydrogens (tertiary/aromatic N) is 1. The van der Waals surface area contributed by atoms with Gasteiger partial charge in [0.25, 0.3) is 0 Å². The number of carbonyl (C=O) groups excluding carboxylic acids is 2. The summed E-state index contributed by atoms with van der Waals surface area (Å²) in [6.07, 6.45) is 5.90. The molecule has 0 aromatic heterocycles. The van der Waals surface area contributed by atoms with Gasteiger partial charge in [-0.3, -0.25) is 14.5 Å². The van der Waals surface area contributed by atoms with Crippen molar-refractivity contribution in [2.75, 3.05) is 20.1 Å². The van der Waals surface area contributed by atoms with E-state index in [-0.39, 0.29) is 17.4 Å². The molecule has 4 nitrogen and oxygen atoms in total. The minimum Gasteiger partial charge on any atom is -0.359 e. The van der Waals surface area contributed by atoms with Gasteiger partial charge in [-0.25, -0.2) is 0 Å². The lowest BCUT2D eigenvalue weighted by Crippen LogP contribution is -2.43. The van der Waals surface area contributed by atoms with Crippen LogP contribution in [0, 0.1) is 5.41 Å². The molecule has 102 valence electrons. The molecule has 2 atom stereocenters. The average molecular weight is 252 g/mol. The molecule has 1 aliphatic heterocycles. The molecule has 1 amide bonds. The minimum absolute atomic E-state index is 0.0685. The highest BCUT2D eigenvalue weighted by Crippen LogP contribution is 2.33. The Morgan fingerprint density at radius 2 is 2.17 bits per heavy atom. The summed E-state index contributed by atoms with van der Waals surface area (Å²) < 4.78 is 0. The molecule has 2 fully saturated rings. The number of hydrogen-bond donors (Lipinski definition) is 1. The highest BCUT2D eigenvalue weighted by Gasteiger charge is 2.43. The summed E-state index contributed by atoms with van der Waals surface area (Å²) in [5.41, 5.74) is -0.318. The fourth-order valence-electron chi connectivity index (χ4n) is 3.28. The Morgan fingerprint density at radius 3 is 2.89 bits per heavy atom. The Balaban J connectivity index is 2.03. The molecule has 2 rings (SSSR count). The molecule has 1 saturated carbocycles. The molecule has 2 aliphatic rings. The van der Waals surface area contributed by atoms with Crippen LogP contribution in [-0.4, -0.2) is 42.8 Å². The van der Waals surface area contributed by atoms with E-state index in [0.29, 0.717) is 5.78 Å². The van der Waals surface area contributed by atoms with Gasteiger partial charge in [0.1, 0.15) is 5.78 Å². The van der Waals surface area contributed by atoms with Crippen LogP contribution in [0.25, 0.3) is 0 Å². The molecule has 4 heteroatoms. The van der Waals surface area contributed by atoms with Gasteiger partial charge in [-0.2, -0.15) is 0 Å². The SMILES string of the molecule is CNC(=O)C1(C)CCN(C2CCCCCC2=O)C1. The van der Waals surface area contributed by atoms with Gasteiger partial charge in [0.05, 0.1) is 11.5 Å². The third-order valence-electron chi connectivity index (χ3n) is 4.49. The maximum Gasteiger partial charge on any atom is 0.227 e. The van der Waals surface area contributed by atoms with Gasteiger partial charge in [0.2, 0.25) is 5.91 Å². The summed E-state index contributed by atoms with van der Waals surface area (Å²) in [5, 5.41) is 2.74. The van der Waals surface area contributed by atoms with Gasteiger partial charge in [0.15, 0.2) is 0 Å². The van der Waals surface area contributed by atoms with Crippen LogP contribution >= 0.6 is 0 Å². The number of nitrogens with one attached hydrogen (secondary N) is 1. The fourth-order valence-corrected chi connectivity index (χ4v) is 3.28. The van der Waals surface area contributed by atoms with Crippen molar-refractivity contribution in [3.8, 4) is 0 Å². The van der Waals surface area contributed by atoms with E-state index in [0.717, 1.165) is 45.2 Å². The number of ketones is 1. The molecular formula is C14H24N2O2.